The van der Waals surface area contributed by atoms with Crippen LogP contribution in [0.3, 0.4) is 0 Å². The molecule has 4 rings (SSSR count). The van der Waals surface area contributed by atoms with Crippen molar-refractivity contribution in [3.63, 3.8) is 0 Å². The molecule has 2 N–H and O–H groups in total. The Morgan fingerprint density at radius 1 is 1.07 bits per heavy atom. The molecular formula is C28H34F4N4O5. The molecule has 41 heavy (non-hydrogen) atoms. The molecule has 13 heteroatoms. The van der Waals surface area contributed by atoms with E-state index in [0.717, 1.165) is 17.0 Å². The number of amides is 3. The summed E-state index contributed by atoms with van der Waals surface area (Å²) in [6, 6.07) is 1.41. The number of methoxy groups -OCH3 is 2. The number of pyridine rings is 1. The van der Waals surface area contributed by atoms with Crippen molar-refractivity contribution in [1.29, 1.82) is 0 Å². The van der Waals surface area contributed by atoms with Gasteiger partial charge in [-0.15, -0.1) is 0 Å². The van der Waals surface area contributed by atoms with Gasteiger partial charge in [0.15, 0.2) is 0 Å². The molecule has 1 aromatic heterocycles. The van der Waals surface area contributed by atoms with Crippen LogP contribution in [0.4, 0.5) is 28.0 Å². The molecule has 2 heterocycles. The number of halogens is 4. The van der Waals surface area contributed by atoms with Gasteiger partial charge in [-0.2, -0.15) is 0 Å². The molecule has 0 spiro atoms. The van der Waals surface area contributed by atoms with E-state index < -0.39 is 71.1 Å². The lowest BCUT2D eigenvalue weighted by molar-refractivity contribution is -0.118. The second kappa shape index (κ2) is 12.9. The molecule has 0 unspecified atom stereocenters. The van der Waals surface area contributed by atoms with Crippen molar-refractivity contribution in [2.45, 2.75) is 69.6 Å². The Morgan fingerprint density at radius 2 is 1.73 bits per heavy atom. The molecule has 1 saturated heterocycles. The SMILES string of the molecule is COCCn1cccc(N2C(=O)[C@@H](NC(=O)N[C@H]3CC[C@H](C(F)F)CC3)[C@H](c3c(F)cc(OC)cc3F)[C@@H]2C)c1=O. The molecule has 224 valence electrons. The van der Waals surface area contributed by atoms with Crippen LogP contribution in [-0.2, 0) is 16.1 Å². The van der Waals surface area contributed by atoms with E-state index in [1.165, 1.54) is 31.0 Å². The van der Waals surface area contributed by atoms with Crippen LogP contribution in [0.2, 0.25) is 0 Å². The lowest BCUT2D eigenvalue weighted by atomic mass is 9.86. The van der Waals surface area contributed by atoms with Gasteiger partial charge >= 0.3 is 6.03 Å². The molecule has 1 aliphatic heterocycles. The van der Waals surface area contributed by atoms with Gasteiger partial charge in [0.05, 0.1) is 13.7 Å². The van der Waals surface area contributed by atoms with Crippen LogP contribution >= 0.6 is 0 Å². The van der Waals surface area contributed by atoms with Crippen molar-refractivity contribution >= 4 is 17.6 Å². The molecule has 0 radical (unpaired) electrons. The Balaban J connectivity index is 1.66. The van der Waals surface area contributed by atoms with Crippen LogP contribution in [0.25, 0.3) is 0 Å². The van der Waals surface area contributed by atoms with Crippen LogP contribution in [0.15, 0.2) is 35.3 Å². The van der Waals surface area contributed by atoms with Crippen LogP contribution in [0.1, 0.15) is 44.1 Å². The number of nitrogens with one attached hydrogen (secondary N) is 2. The van der Waals surface area contributed by atoms with E-state index >= 15 is 8.78 Å². The summed E-state index contributed by atoms with van der Waals surface area (Å²) < 4.78 is 68.1. The van der Waals surface area contributed by atoms with Crippen LogP contribution in [0.5, 0.6) is 5.75 Å². The number of benzene rings is 1. The van der Waals surface area contributed by atoms with Crippen LogP contribution in [0, 0.1) is 17.6 Å². The summed E-state index contributed by atoms with van der Waals surface area (Å²) in [5.41, 5.74) is -0.969. The van der Waals surface area contributed by atoms with Gasteiger partial charge in [0.2, 0.25) is 6.43 Å². The Kier molecular flexibility index (Phi) is 9.57. The van der Waals surface area contributed by atoms with Gasteiger partial charge in [0.25, 0.3) is 11.5 Å². The summed E-state index contributed by atoms with van der Waals surface area (Å²) in [4.78, 5) is 41.3. The molecule has 2 aromatic rings. The molecule has 3 atom stereocenters. The van der Waals surface area contributed by atoms with E-state index in [0.29, 0.717) is 12.8 Å². The summed E-state index contributed by atoms with van der Waals surface area (Å²) >= 11 is 0. The maximum Gasteiger partial charge on any atom is 0.315 e. The number of anilines is 1. The van der Waals surface area contributed by atoms with Crippen molar-refractivity contribution in [3.8, 4) is 5.75 Å². The van der Waals surface area contributed by atoms with Crippen LogP contribution in [-0.4, -0.2) is 61.9 Å². The van der Waals surface area contributed by atoms with Crippen molar-refractivity contribution in [2.75, 3.05) is 25.7 Å². The van der Waals surface area contributed by atoms with E-state index in [9.17, 15) is 23.2 Å². The molecule has 1 aromatic carbocycles. The zero-order valence-electron chi connectivity index (χ0n) is 23.0. The van der Waals surface area contributed by atoms with Gasteiger partial charge in [0, 0.05) is 61.5 Å². The van der Waals surface area contributed by atoms with Crippen molar-refractivity contribution in [2.24, 2.45) is 5.92 Å². The minimum absolute atomic E-state index is 0.0181. The largest absolute Gasteiger partial charge is 0.497 e. The number of hydrogen-bond acceptors (Lipinski definition) is 5. The van der Waals surface area contributed by atoms with E-state index in [4.69, 9.17) is 9.47 Å². The summed E-state index contributed by atoms with van der Waals surface area (Å²) in [6.45, 7) is 1.99. The number of urea groups is 1. The minimum Gasteiger partial charge on any atom is -0.497 e. The topological polar surface area (TPSA) is 102 Å². The standard InChI is InChI=1S/C28H34F4N4O5/c1-15-22(23-19(29)13-18(41-3)14-20(23)30)24(34-28(39)33-17-8-6-16(7-9-17)25(31)32)27(38)36(15)21-5-4-10-35(26(21)37)11-12-40-2/h4-5,10,13-17,22,24-25H,6-9,11-12H2,1-3H3,(H2,33,34,39)/t15-,16-,17-,22-,24-/m0/s1. The number of alkyl halides is 2. The van der Waals surface area contributed by atoms with Gasteiger partial charge in [0.1, 0.15) is 29.1 Å². The van der Waals surface area contributed by atoms with Crippen molar-refractivity contribution < 1.29 is 36.6 Å². The number of carbonyl (C=O) groups is 2. The number of aromatic nitrogens is 1. The molecule has 0 bridgehead atoms. The van der Waals surface area contributed by atoms with Gasteiger partial charge in [-0.3, -0.25) is 9.59 Å². The van der Waals surface area contributed by atoms with E-state index in [1.807, 2.05) is 0 Å². The number of ether oxygens (including phenoxy) is 2. The van der Waals surface area contributed by atoms with Gasteiger partial charge in [-0.05, 0) is 44.7 Å². The third-order valence-corrected chi connectivity index (χ3v) is 7.96. The molecule has 3 amide bonds. The minimum atomic E-state index is -2.43. The monoisotopic (exact) mass is 582 g/mol. The molecule has 9 nitrogen and oxygen atoms in total. The molecule has 2 aliphatic rings. The highest BCUT2D eigenvalue weighted by molar-refractivity contribution is 6.03. The quantitative estimate of drug-likeness (QED) is 0.439. The second-order valence-electron chi connectivity index (χ2n) is 10.4. The van der Waals surface area contributed by atoms with Crippen molar-refractivity contribution in [3.05, 3.63) is 58.0 Å². The first kappa shape index (κ1) is 30.4. The lowest BCUT2D eigenvalue weighted by Gasteiger charge is -2.29. The fourth-order valence-electron chi connectivity index (χ4n) is 5.80. The zero-order chi connectivity index (χ0) is 29.8. The lowest BCUT2D eigenvalue weighted by Crippen LogP contribution is -2.51. The Morgan fingerprint density at radius 3 is 2.32 bits per heavy atom. The van der Waals surface area contributed by atoms with Gasteiger partial charge in [-0.25, -0.2) is 22.4 Å². The van der Waals surface area contributed by atoms with Crippen LogP contribution < -0.4 is 25.8 Å². The predicted molar refractivity (Wildman–Crippen MR) is 142 cm³/mol. The first-order chi connectivity index (χ1) is 19.6. The molecule has 2 fully saturated rings. The summed E-state index contributed by atoms with van der Waals surface area (Å²) in [5, 5.41) is 5.26. The average molecular weight is 583 g/mol. The first-order valence-electron chi connectivity index (χ1n) is 13.5. The number of carbonyl (C=O) groups excluding carboxylic acids is 2. The molecule has 1 saturated carbocycles. The summed E-state index contributed by atoms with van der Waals surface area (Å²) in [5.74, 6) is -4.70. The number of nitrogens with zero attached hydrogens (tertiary/aromatic N) is 2. The summed E-state index contributed by atoms with van der Waals surface area (Å²) in [6.07, 6.45) is 0.246. The van der Waals surface area contributed by atoms with Crippen molar-refractivity contribution in [1.82, 2.24) is 15.2 Å². The highest BCUT2D eigenvalue weighted by atomic mass is 19.3. The van der Waals surface area contributed by atoms with E-state index in [2.05, 4.69) is 10.6 Å². The highest BCUT2D eigenvalue weighted by Crippen LogP contribution is 2.40. The van der Waals surface area contributed by atoms with E-state index in [1.54, 1.807) is 13.0 Å². The van der Waals surface area contributed by atoms with Gasteiger partial charge < -0.3 is 29.6 Å². The van der Waals surface area contributed by atoms with Gasteiger partial charge in [-0.1, -0.05) is 0 Å². The average Bonchev–Trinajstić information content (AvgIpc) is 3.16. The number of hydrogen-bond donors (Lipinski definition) is 2. The number of rotatable bonds is 9. The Bertz CT molecular complexity index is 1290. The Hall–Kier alpha value is -3.61. The maximum atomic E-state index is 15.3. The zero-order valence-corrected chi connectivity index (χ0v) is 23.0. The summed E-state index contributed by atoms with van der Waals surface area (Å²) in [7, 11) is 2.74. The molecule has 1 aliphatic carbocycles. The fourth-order valence-corrected chi connectivity index (χ4v) is 5.80. The predicted octanol–water partition coefficient (Wildman–Crippen LogP) is 3.79. The third kappa shape index (κ3) is 6.34. The maximum absolute atomic E-state index is 15.3. The highest BCUT2D eigenvalue weighted by Gasteiger charge is 2.50. The first-order valence-corrected chi connectivity index (χ1v) is 13.5. The second-order valence-corrected chi connectivity index (χ2v) is 10.4. The normalized spacial score (nSPS) is 24.5. The smallest absolute Gasteiger partial charge is 0.315 e. The molecular weight excluding hydrogens is 548 g/mol. The van der Waals surface area contributed by atoms with E-state index in [-0.39, 0.29) is 37.4 Å². The fraction of sp³-hybridized carbons (Fsp3) is 0.536. The third-order valence-electron chi connectivity index (χ3n) is 7.96. The Labute approximate surface area is 234 Å².